The summed E-state index contributed by atoms with van der Waals surface area (Å²) in [5.41, 5.74) is 5.76. The molecule has 0 unspecified atom stereocenters. The third-order valence-corrected chi connectivity index (χ3v) is 4.38. The Morgan fingerprint density at radius 2 is 2.31 bits per heavy atom. The summed E-state index contributed by atoms with van der Waals surface area (Å²) in [4.78, 5) is 11.6. The van der Waals surface area contributed by atoms with Crippen LogP contribution in [0, 0.1) is 5.41 Å². The second-order valence-electron chi connectivity index (χ2n) is 4.73. The minimum atomic E-state index is -0.399. The molecule has 1 saturated carbocycles. The molecular formula is C11H14N2O2S. The zero-order valence-corrected chi connectivity index (χ0v) is 9.68. The lowest BCUT2D eigenvalue weighted by molar-refractivity contribution is -0.0495. The van der Waals surface area contributed by atoms with Crippen molar-refractivity contribution in [3.05, 3.63) is 16.3 Å². The van der Waals surface area contributed by atoms with Gasteiger partial charge in [0.1, 0.15) is 16.7 Å². The van der Waals surface area contributed by atoms with Gasteiger partial charge in [-0.1, -0.05) is 0 Å². The first-order valence-corrected chi connectivity index (χ1v) is 6.31. The van der Waals surface area contributed by atoms with E-state index in [0.29, 0.717) is 16.0 Å². The van der Waals surface area contributed by atoms with Crippen LogP contribution in [-0.4, -0.2) is 25.1 Å². The molecule has 86 valence electrons. The molecule has 3 N–H and O–H groups in total. The molecule has 0 radical (unpaired) electrons. The molecule has 1 aliphatic carbocycles. The van der Waals surface area contributed by atoms with Gasteiger partial charge in [0.2, 0.25) is 0 Å². The molecule has 3 rings (SSSR count). The van der Waals surface area contributed by atoms with Crippen molar-refractivity contribution in [2.45, 2.75) is 18.9 Å². The Morgan fingerprint density at radius 3 is 2.88 bits per heavy atom. The highest BCUT2D eigenvalue weighted by Gasteiger charge is 2.49. The number of nitrogens with two attached hydrogens (primary N) is 1. The summed E-state index contributed by atoms with van der Waals surface area (Å²) in [7, 11) is 0. The largest absolute Gasteiger partial charge is 0.489 e. The summed E-state index contributed by atoms with van der Waals surface area (Å²) in [6.45, 7) is 2.22. The molecule has 4 nitrogen and oxygen atoms in total. The van der Waals surface area contributed by atoms with E-state index in [1.54, 1.807) is 0 Å². The van der Waals surface area contributed by atoms with Crippen molar-refractivity contribution in [2.24, 2.45) is 11.1 Å². The van der Waals surface area contributed by atoms with Crippen molar-refractivity contribution in [1.29, 1.82) is 0 Å². The summed E-state index contributed by atoms with van der Waals surface area (Å²) < 4.78 is 5.80. The number of hydrogen-bond donors (Lipinski definition) is 2. The lowest BCUT2D eigenvalue weighted by Gasteiger charge is -2.53. The first-order chi connectivity index (χ1) is 7.69. The fourth-order valence-electron chi connectivity index (χ4n) is 2.51. The van der Waals surface area contributed by atoms with Crippen LogP contribution in [0.2, 0.25) is 0 Å². The zero-order chi connectivity index (χ0) is 11.2. The predicted molar refractivity (Wildman–Crippen MR) is 61.8 cm³/mol. The van der Waals surface area contributed by atoms with Gasteiger partial charge >= 0.3 is 0 Å². The highest BCUT2D eigenvalue weighted by molar-refractivity contribution is 7.12. The predicted octanol–water partition coefficient (Wildman–Crippen LogP) is 0.978. The Bertz CT molecular complexity index is 417. The van der Waals surface area contributed by atoms with Gasteiger partial charge in [-0.15, -0.1) is 11.3 Å². The van der Waals surface area contributed by atoms with Crippen LogP contribution >= 0.6 is 11.3 Å². The van der Waals surface area contributed by atoms with Crippen LogP contribution < -0.4 is 15.8 Å². The second-order valence-corrected chi connectivity index (χ2v) is 5.65. The SMILES string of the molecule is NC(=O)c1sccc1OC1CC2(CNC2)C1. The third-order valence-electron chi connectivity index (χ3n) is 3.47. The van der Waals surface area contributed by atoms with Crippen LogP contribution in [0.15, 0.2) is 11.4 Å². The average Bonchev–Trinajstić information content (AvgIpc) is 2.54. The molecule has 0 aromatic carbocycles. The zero-order valence-electron chi connectivity index (χ0n) is 8.86. The van der Waals surface area contributed by atoms with E-state index in [1.807, 2.05) is 11.4 Å². The van der Waals surface area contributed by atoms with Gasteiger partial charge in [0.15, 0.2) is 0 Å². The Hall–Kier alpha value is -1.07. The molecule has 16 heavy (non-hydrogen) atoms. The Morgan fingerprint density at radius 1 is 1.56 bits per heavy atom. The monoisotopic (exact) mass is 238 g/mol. The number of primary amides is 1. The molecule has 2 aliphatic rings. The van der Waals surface area contributed by atoms with Gasteiger partial charge in [-0.05, 0) is 24.3 Å². The van der Waals surface area contributed by atoms with Gasteiger partial charge < -0.3 is 15.8 Å². The minimum absolute atomic E-state index is 0.259. The number of amides is 1. The average molecular weight is 238 g/mol. The van der Waals surface area contributed by atoms with E-state index in [1.165, 1.54) is 11.3 Å². The van der Waals surface area contributed by atoms with Gasteiger partial charge in [-0.25, -0.2) is 0 Å². The molecule has 1 aromatic rings. The van der Waals surface area contributed by atoms with Crippen LogP contribution in [0.4, 0.5) is 0 Å². The highest BCUT2D eigenvalue weighted by Crippen LogP contribution is 2.46. The number of nitrogens with one attached hydrogen (secondary N) is 1. The van der Waals surface area contributed by atoms with Gasteiger partial charge in [-0.2, -0.15) is 0 Å². The number of carbonyl (C=O) groups is 1. The van der Waals surface area contributed by atoms with E-state index in [2.05, 4.69) is 5.32 Å². The minimum Gasteiger partial charge on any atom is -0.489 e. The Kier molecular flexibility index (Phi) is 2.19. The van der Waals surface area contributed by atoms with E-state index in [9.17, 15) is 4.79 Å². The third kappa shape index (κ3) is 1.51. The molecule has 2 heterocycles. The molecule has 0 bridgehead atoms. The molecule has 1 amide bonds. The number of carbonyl (C=O) groups excluding carboxylic acids is 1. The second kappa shape index (κ2) is 3.46. The number of rotatable bonds is 3. The number of hydrogen-bond acceptors (Lipinski definition) is 4. The summed E-state index contributed by atoms with van der Waals surface area (Å²) in [6, 6.07) is 1.83. The number of ether oxygens (including phenoxy) is 1. The van der Waals surface area contributed by atoms with E-state index in [-0.39, 0.29) is 6.10 Å². The summed E-state index contributed by atoms with van der Waals surface area (Å²) >= 11 is 1.34. The van der Waals surface area contributed by atoms with Crippen molar-refractivity contribution in [3.63, 3.8) is 0 Å². The molecule has 2 fully saturated rings. The molecule has 1 aromatic heterocycles. The van der Waals surface area contributed by atoms with Crippen LogP contribution in [0.25, 0.3) is 0 Å². The Balaban J connectivity index is 1.63. The Labute approximate surface area is 97.8 Å². The maximum atomic E-state index is 11.1. The highest BCUT2D eigenvalue weighted by atomic mass is 32.1. The maximum Gasteiger partial charge on any atom is 0.262 e. The lowest BCUT2D eigenvalue weighted by Crippen LogP contribution is -2.62. The van der Waals surface area contributed by atoms with E-state index in [0.717, 1.165) is 25.9 Å². The van der Waals surface area contributed by atoms with Crippen LogP contribution in [0.1, 0.15) is 22.5 Å². The molecule has 5 heteroatoms. The molecular weight excluding hydrogens is 224 g/mol. The summed E-state index contributed by atoms with van der Waals surface area (Å²) in [6.07, 6.45) is 2.44. The van der Waals surface area contributed by atoms with Gasteiger partial charge in [0, 0.05) is 18.5 Å². The van der Waals surface area contributed by atoms with Gasteiger partial charge in [0.05, 0.1) is 0 Å². The van der Waals surface area contributed by atoms with Crippen molar-refractivity contribution < 1.29 is 9.53 Å². The quantitative estimate of drug-likeness (QED) is 0.825. The fourth-order valence-corrected chi connectivity index (χ4v) is 3.18. The van der Waals surface area contributed by atoms with E-state index >= 15 is 0 Å². The normalized spacial score (nSPS) is 22.5. The standard InChI is InChI=1S/C11H14N2O2S/c12-10(14)9-8(1-2-16-9)15-7-3-11(4-7)5-13-6-11/h1-2,7,13H,3-6H2,(H2,12,14). The summed E-state index contributed by atoms with van der Waals surface area (Å²) in [5, 5.41) is 5.13. The van der Waals surface area contributed by atoms with Crippen LogP contribution in [-0.2, 0) is 0 Å². The lowest BCUT2D eigenvalue weighted by atomic mass is 9.63. The van der Waals surface area contributed by atoms with Gasteiger partial charge in [0.25, 0.3) is 5.91 Å². The van der Waals surface area contributed by atoms with Crippen molar-refractivity contribution in [2.75, 3.05) is 13.1 Å². The van der Waals surface area contributed by atoms with E-state index < -0.39 is 5.91 Å². The first kappa shape index (κ1) is 10.1. The van der Waals surface area contributed by atoms with Crippen molar-refractivity contribution in [1.82, 2.24) is 5.32 Å². The van der Waals surface area contributed by atoms with Crippen molar-refractivity contribution >= 4 is 17.2 Å². The van der Waals surface area contributed by atoms with Gasteiger partial charge in [-0.3, -0.25) is 4.79 Å². The molecule has 0 atom stereocenters. The van der Waals surface area contributed by atoms with E-state index in [4.69, 9.17) is 10.5 Å². The molecule has 1 saturated heterocycles. The number of thiophene rings is 1. The maximum absolute atomic E-state index is 11.1. The molecule has 1 spiro atoms. The van der Waals surface area contributed by atoms with Crippen LogP contribution in [0.3, 0.4) is 0 Å². The molecule has 1 aliphatic heterocycles. The first-order valence-electron chi connectivity index (χ1n) is 5.43. The topological polar surface area (TPSA) is 64.4 Å². The van der Waals surface area contributed by atoms with Crippen LogP contribution in [0.5, 0.6) is 5.75 Å². The van der Waals surface area contributed by atoms with Crippen molar-refractivity contribution in [3.8, 4) is 5.75 Å². The smallest absolute Gasteiger partial charge is 0.262 e. The fraction of sp³-hybridized carbons (Fsp3) is 0.545. The summed E-state index contributed by atoms with van der Waals surface area (Å²) in [5.74, 6) is 0.258.